The van der Waals surface area contributed by atoms with Gasteiger partial charge >= 0.3 is 0 Å². The number of hydrogen-bond acceptors (Lipinski definition) is 6. The second-order valence-corrected chi connectivity index (χ2v) is 10.5. The summed E-state index contributed by atoms with van der Waals surface area (Å²) in [7, 11) is 0. The van der Waals surface area contributed by atoms with Gasteiger partial charge in [-0.1, -0.05) is 30.2 Å². The molecule has 0 saturated carbocycles. The molecule has 2 atom stereocenters. The zero-order valence-electron chi connectivity index (χ0n) is 22.3. The number of amides is 1. The summed E-state index contributed by atoms with van der Waals surface area (Å²) in [5.41, 5.74) is 2.14. The minimum atomic E-state index is -0.743. The van der Waals surface area contributed by atoms with E-state index in [1.807, 2.05) is 6.92 Å². The van der Waals surface area contributed by atoms with Crippen LogP contribution in [-0.4, -0.2) is 35.4 Å². The van der Waals surface area contributed by atoms with Crippen LogP contribution in [0.5, 0.6) is 0 Å². The van der Waals surface area contributed by atoms with Gasteiger partial charge in [-0.25, -0.2) is 18.4 Å². The van der Waals surface area contributed by atoms with Crippen LogP contribution in [0, 0.1) is 17.6 Å². The van der Waals surface area contributed by atoms with Gasteiger partial charge in [0.05, 0.1) is 52.4 Å². The molecule has 1 amide bonds. The van der Waals surface area contributed by atoms with Crippen LogP contribution in [0.1, 0.15) is 37.9 Å². The molecule has 0 fully saturated rings. The molecular weight excluding hydrogens is 564 g/mol. The van der Waals surface area contributed by atoms with Gasteiger partial charge in [0, 0.05) is 29.4 Å². The summed E-state index contributed by atoms with van der Waals surface area (Å²) in [5, 5.41) is 10.5. The largest absolute Gasteiger partial charge is 0.325 e. The maximum Gasteiger partial charge on any atom is 0.254 e. The summed E-state index contributed by atoms with van der Waals surface area (Å²) in [6.45, 7) is 1.82. The van der Waals surface area contributed by atoms with Crippen molar-refractivity contribution in [3.05, 3.63) is 106 Å². The van der Waals surface area contributed by atoms with E-state index in [-0.39, 0.29) is 28.1 Å². The third-order valence-corrected chi connectivity index (χ3v) is 7.70. The standard InChI is InChI=1S/C30H24ClF2N7O2/c1-17-3-2-4-25(23-13-18(9-10-34-23)20-14-19(32)5-7-22(20)37-30(17)42)39-16-35-24(15-27(39)41)28-26(40-12-11-36-38-40)8-6-21(31)29(28)33/h5-17,25H,2-4H2,1H3,(H,37,42). The molecule has 2 unspecified atom stereocenters. The molecule has 212 valence electrons. The normalized spacial score (nSPS) is 17.1. The SMILES string of the molecule is CC1CCCC(n2cnc(-c3c(-n4ccnn4)ccc(Cl)c3F)cc2=O)c2cc(ccn2)-c2cc(F)ccc2NC1=O. The molecule has 1 N–H and O–H groups in total. The summed E-state index contributed by atoms with van der Waals surface area (Å²) in [6, 6.07) is 11.3. The summed E-state index contributed by atoms with van der Waals surface area (Å²) in [6.07, 6.45) is 7.56. The van der Waals surface area contributed by atoms with Gasteiger partial charge < -0.3 is 5.32 Å². The lowest BCUT2D eigenvalue weighted by molar-refractivity contribution is -0.119. The molecule has 0 spiro atoms. The number of hydrogen-bond donors (Lipinski definition) is 1. The molecule has 12 heteroatoms. The fourth-order valence-corrected chi connectivity index (χ4v) is 5.35. The van der Waals surface area contributed by atoms with E-state index in [1.54, 1.807) is 30.6 Å². The van der Waals surface area contributed by atoms with Crippen LogP contribution in [0.25, 0.3) is 28.1 Å². The van der Waals surface area contributed by atoms with Gasteiger partial charge in [0.1, 0.15) is 5.82 Å². The van der Waals surface area contributed by atoms with Crippen LogP contribution in [0.2, 0.25) is 5.02 Å². The van der Waals surface area contributed by atoms with E-state index in [0.717, 1.165) is 0 Å². The predicted molar refractivity (Wildman–Crippen MR) is 153 cm³/mol. The minimum absolute atomic E-state index is 0.00883. The average molecular weight is 588 g/mol. The monoisotopic (exact) mass is 587 g/mol. The smallest absolute Gasteiger partial charge is 0.254 e. The lowest BCUT2D eigenvalue weighted by atomic mass is 9.95. The summed E-state index contributed by atoms with van der Waals surface area (Å²) in [5.74, 6) is -1.70. The van der Waals surface area contributed by atoms with Gasteiger partial charge in [-0.3, -0.25) is 19.1 Å². The number of aromatic nitrogens is 6. The number of carbonyl (C=O) groups excluding carboxylic acids is 1. The first-order valence-electron chi connectivity index (χ1n) is 13.3. The van der Waals surface area contributed by atoms with Crippen molar-refractivity contribution >= 4 is 23.2 Å². The molecule has 1 aliphatic heterocycles. The number of nitrogens with one attached hydrogen (secondary N) is 1. The van der Waals surface area contributed by atoms with Crippen LogP contribution in [0.3, 0.4) is 0 Å². The summed E-state index contributed by atoms with van der Waals surface area (Å²) < 4.78 is 32.4. The van der Waals surface area contributed by atoms with E-state index in [0.29, 0.717) is 47.5 Å². The number of nitrogens with zero attached hydrogens (tertiary/aromatic N) is 6. The second-order valence-electron chi connectivity index (χ2n) is 10.1. The Bertz CT molecular complexity index is 1860. The van der Waals surface area contributed by atoms with Gasteiger partial charge in [0.25, 0.3) is 5.56 Å². The number of halogens is 3. The highest BCUT2D eigenvalue weighted by Crippen LogP contribution is 2.34. The highest BCUT2D eigenvalue weighted by molar-refractivity contribution is 6.31. The Labute approximate surface area is 243 Å². The molecule has 9 nitrogen and oxygen atoms in total. The first kappa shape index (κ1) is 27.4. The Morgan fingerprint density at radius 2 is 1.86 bits per heavy atom. The maximum absolute atomic E-state index is 15.3. The van der Waals surface area contributed by atoms with E-state index < -0.39 is 23.2 Å². The fourth-order valence-electron chi connectivity index (χ4n) is 5.19. The van der Waals surface area contributed by atoms with Gasteiger partial charge in [0.2, 0.25) is 5.91 Å². The Morgan fingerprint density at radius 3 is 2.64 bits per heavy atom. The van der Waals surface area contributed by atoms with Crippen molar-refractivity contribution in [2.24, 2.45) is 5.92 Å². The third-order valence-electron chi connectivity index (χ3n) is 7.41. The zero-order valence-corrected chi connectivity index (χ0v) is 23.1. The van der Waals surface area contributed by atoms with Gasteiger partial charge in [0.15, 0.2) is 5.82 Å². The number of rotatable bonds is 3. The number of benzene rings is 2. The van der Waals surface area contributed by atoms with Crippen LogP contribution in [-0.2, 0) is 4.79 Å². The van der Waals surface area contributed by atoms with Crippen LogP contribution in [0.4, 0.5) is 14.5 Å². The predicted octanol–water partition coefficient (Wildman–Crippen LogP) is 5.83. The van der Waals surface area contributed by atoms with Crippen molar-refractivity contribution in [3.8, 4) is 28.1 Å². The van der Waals surface area contributed by atoms with Crippen molar-refractivity contribution in [3.63, 3.8) is 0 Å². The average Bonchev–Trinajstić information content (AvgIpc) is 3.52. The van der Waals surface area contributed by atoms with Crippen LogP contribution in [0.15, 0.2) is 78.2 Å². The molecule has 0 aliphatic carbocycles. The first-order valence-corrected chi connectivity index (χ1v) is 13.7. The topological polar surface area (TPSA) is 108 Å². The van der Waals surface area contributed by atoms with Gasteiger partial charge in [-0.05, 0) is 60.9 Å². The molecule has 3 aromatic heterocycles. The Morgan fingerprint density at radius 1 is 1.00 bits per heavy atom. The number of carbonyl (C=O) groups is 1. The zero-order chi connectivity index (χ0) is 29.4. The highest BCUT2D eigenvalue weighted by atomic mass is 35.5. The number of pyridine rings is 1. The summed E-state index contributed by atoms with van der Waals surface area (Å²) in [4.78, 5) is 35.6. The Kier molecular flexibility index (Phi) is 7.34. The molecule has 2 bridgehead atoms. The van der Waals surface area contributed by atoms with Crippen molar-refractivity contribution in [1.29, 1.82) is 0 Å². The van der Waals surface area contributed by atoms with E-state index in [2.05, 4.69) is 25.6 Å². The Hall–Kier alpha value is -4.77. The number of anilines is 1. The minimum Gasteiger partial charge on any atom is -0.325 e. The third kappa shape index (κ3) is 5.18. The lowest BCUT2D eigenvalue weighted by Crippen LogP contribution is -2.27. The van der Waals surface area contributed by atoms with E-state index in [4.69, 9.17) is 11.6 Å². The van der Waals surface area contributed by atoms with E-state index in [9.17, 15) is 14.0 Å². The van der Waals surface area contributed by atoms with E-state index in [1.165, 1.54) is 52.1 Å². The maximum atomic E-state index is 15.3. The molecule has 4 heterocycles. The molecule has 0 saturated heterocycles. The molecule has 6 rings (SSSR count). The fraction of sp³-hybridized carbons (Fsp3) is 0.200. The molecular formula is C30H24ClF2N7O2. The second kappa shape index (κ2) is 11.2. The molecule has 5 aromatic rings. The summed E-state index contributed by atoms with van der Waals surface area (Å²) >= 11 is 6.09. The van der Waals surface area contributed by atoms with Crippen molar-refractivity contribution in [1.82, 2.24) is 29.5 Å². The molecule has 1 aliphatic rings. The van der Waals surface area contributed by atoms with Crippen LogP contribution >= 0.6 is 11.6 Å². The molecule has 0 radical (unpaired) electrons. The highest BCUT2D eigenvalue weighted by Gasteiger charge is 2.24. The molecule has 42 heavy (non-hydrogen) atoms. The Balaban J connectivity index is 1.46. The first-order chi connectivity index (χ1) is 20.3. The quantitative estimate of drug-likeness (QED) is 0.284. The number of fused-ring (bicyclic) bond motifs is 4. The lowest BCUT2D eigenvalue weighted by Gasteiger charge is -2.23. The van der Waals surface area contributed by atoms with Crippen molar-refractivity contribution in [2.75, 3.05) is 5.32 Å². The van der Waals surface area contributed by atoms with E-state index >= 15 is 4.39 Å². The van der Waals surface area contributed by atoms with Gasteiger partial charge in [-0.2, -0.15) is 0 Å². The molecule has 2 aromatic carbocycles. The van der Waals surface area contributed by atoms with Crippen molar-refractivity contribution in [2.45, 2.75) is 32.2 Å². The van der Waals surface area contributed by atoms with Gasteiger partial charge in [-0.15, -0.1) is 5.10 Å². The van der Waals surface area contributed by atoms with Crippen molar-refractivity contribution < 1.29 is 13.6 Å². The van der Waals surface area contributed by atoms with Crippen LogP contribution < -0.4 is 10.9 Å².